The van der Waals surface area contributed by atoms with Crippen molar-refractivity contribution >= 4 is 11.4 Å². The summed E-state index contributed by atoms with van der Waals surface area (Å²) in [5, 5.41) is 7.22. The topological polar surface area (TPSA) is 33.3 Å². The van der Waals surface area contributed by atoms with Gasteiger partial charge in [0, 0.05) is 17.5 Å². The second-order valence-corrected chi connectivity index (χ2v) is 6.51. The highest BCUT2D eigenvalue weighted by molar-refractivity contribution is 5.77. The van der Waals surface area contributed by atoms with Crippen molar-refractivity contribution < 1.29 is 4.74 Å². The molecule has 3 heteroatoms. The van der Waals surface area contributed by atoms with Crippen LogP contribution in [0.25, 0.3) is 0 Å². The molecule has 0 aliphatic carbocycles. The number of hydrogen-bond donors (Lipinski definition) is 2. The predicted octanol–water partition coefficient (Wildman–Crippen LogP) is 4.12. The number of para-hydroxylation sites is 1. The Kier molecular flexibility index (Phi) is 3.66. The van der Waals surface area contributed by atoms with Crippen molar-refractivity contribution in [2.45, 2.75) is 46.6 Å². The number of fused-ring (bicyclic) bond motifs is 1. The molecule has 0 saturated heterocycles. The van der Waals surface area contributed by atoms with Gasteiger partial charge in [-0.3, -0.25) is 0 Å². The highest BCUT2D eigenvalue weighted by atomic mass is 16.5. The van der Waals surface area contributed by atoms with Gasteiger partial charge in [-0.15, -0.1) is 0 Å². The molecule has 0 aromatic heterocycles. The van der Waals surface area contributed by atoms with Gasteiger partial charge in [-0.25, -0.2) is 0 Å². The fraction of sp³-hybridized carbons (Fsp3) is 0.625. The van der Waals surface area contributed by atoms with Crippen molar-refractivity contribution in [1.82, 2.24) is 0 Å². The van der Waals surface area contributed by atoms with E-state index in [1.54, 1.807) is 0 Å². The molecule has 0 unspecified atom stereocenters. The van der Waals surface area contributed by atoms with Crippen LogP contribution in [-0.4, -0.2) is 18.7 Å². The van der Waals surface area contributed by atoms with Crippen LogP contribution in [0.2, 0.25) is 0 Å². The fourth-order valence-corrected chi connectivity index (χ4v) is 2.19. The Bertz CT molecular complexity index is 452. The summed E-state index contributed by atoms with van der Waals surface area (Å²) in [5.74, 6) is 0.945. The van der Waals surface area contributed by atoms with Gasteiger partial charge in [0.25, 0.3) is 0 Å². The molecule has 0 bridgehead atoms. The maximum atomic E-state index is 5.84. The summed E-state index contributed by atoms with van der Waals surface area (Å²) in [6.45, 7) is 12.9. The van der Waals surface area contributed by atoms with Gasteiger partial charge >= 0.3 is 0 Å². The van der Waals surface area contributed by atoms with Gasteiger partial charge < -0.3 is 15.4 Å². The van der Waals surface area contributed by atoms with Crippen LogP contribution in [0.1, 0.15) is 41.0 Å². The van der Waals surface area contributed by atoms with Gasteiger partial charge in [0.1, 0.15) is 11.4 Å². The van der Waals surface area contributed by atoms with Crippen LogP contribution in [-0.2, 0) is 0 Å². The molecule has 19 heavy (non-hydrogen) atoms. The molecule has 1 aliphatic heterocycles. The minimum absolute atomic E-state index is 0.0225. The van der Waals surface area contributed by atoms with Gasteiger partial charge in [0.15, 0.2) is 0 Å². The van der Waals surface area contributed by atoms with Crippen LogP contribution in [0.3, 0.4) is 0 Å². The smallest absolute Gasteiger partial charge is 0.144 e. The minimum Gasteiger partial charge on any atom is -0.491 e. The van der Waals surface area contributed by atoms with E-state index in [2.05, 4.69) is 51.3 Å². The Morgan fingerprint density at radius 1 is 1.21 bits per heavy atom. The van der Waals surface area contributed by atoms with Crippen molar-refractivity contribution in [3.63, 3.8) is 0 Å². The standard InChI is InChI=1S/C16H26N2O/c1-6-10-19-13-9-7-8-12-14(13)17-11-15(2,3)16(4,5)18-12/h7-9,17-18H,6,10-11H2,1-5H3. The zero-order valence-corrected chi connectivity index (χ0v) is 12.8. The summed E-state index contributed by atoms with van der Waals surface area (Å²) in [7, 11) is 0. The van der Waals surface area contributed by atoms with E-state index >= 15 is 0 Å². The number of benzene rings is 1. The molecule has 0 amide bonds. The van der Waals surface area contributed by atoms with Gasteiger partial charge in [0.05, 0.1) is 12.3 Å². The molecule has 2 N–H and O–H groups in total. The summed E-state index contributed by atoms with van der Waals surface area (Å²) < 4.78 is 5.84. The molecule has 1 aromatic rings. The maximum absolute atomic E-state index is 5.84. The van der Waals surface area contributed by atoms with Crippen molar-refractivity contribution in [1.29, 1.82) is 0 Å². The van der Waals surface area contributed by atoms with E-state index in [9.17, 15) is 0 Å². The second-order valence-electron chi connectivity index (χ2n) is 6.51. The Hall–Kier alpha value is -1.38. The molecular weight excluding hydrogens is 236 g/mol. The number of anilines is 2. The van der Waals surface area contributed by atoms with Crippen LogP contribution in [0, 0.1) is 5.41 Å². The number of hydrogen-bond acceptors (Lipinski definition) is 3. The Labute approximate surface area is 116 Å². The molecule has 2 rings (SSSR count). The van der Waals surface area contributed by atoms with E-state index in [1.165, 1.54) is 0 Å². The Morgan fingerprint density at radius 2 is 1.95 bits per heavy atom. The van der Waals surface area contributed by atoms with Gasteiger partial charge in [-0.2, -0.15) is 0 Å². The van der Waals surface area contributed by atoms with Crippen LogP contribution in [0.4, 0.5) is 11.4 Å². The van der Waals surface area contributed by atoms with Crippen LogP contribution in [0.15, 0.2) is 18.2 Å². The molecule has 3 nitrogen and oxygen atoms in total. The highest BCUT2D eigenvalue weighted by Crippen LogP contribution is 2.42. The third kappa shape index (κ3) is 2.65. The summed E-state index contributed by atoms with van der Waals surface area (Å²) in [6.07, 6.45) is 1.02. The van der Waals surface area contributed by atoms with Crippen molar-refractivity contribution in [3.8, 4) is 5.75 Å². The maximum Gasteiger partial charge on any atom is 0.144 e. The molecule has 0 atom stereocenters. The normalized spacial score (nSPS) is 19.6. The van der Waals surface area contributed by atoms with E-state index < -0.39 is 0 Å². The summed E-state index contributed by atoms with van der Waals surface area (Å²) in [6, 6.07) is 6.20. The number of rotatable bonds is 3. The number of ether oxygens (including phenoxy) is 1. The van der Waals surface area contributed by atoms with Crippen molar-refractivity contribution in [3.05, 3.63) is 18.2 Å². The van der Waals surface area contributed by atoms with Crippen LogP contribution < -0.4 is 15.4 Å². The third-order valence-electron chi connectivity index (χ3n) is 4.33. The zero-order valence-electron chi connectivity index (χ0n) is 12.8. The first-order valence-electron chi connectivity index (χ1n) is 7.15. The largest absolute Gasteiger partial charge is 0.491 e. The monoisotopic (exact) mass is 262 g/mol. The molecule has 106 valence electrons. The summed E-state index contributed by atoms with van der Waals surface area (Å²) in [4.78, 5) is 0. The molecular formula is C16H26N2O. The van der Waals surface area contributed by atoms with E-state index in [0.717, 1.165) is 36.7 Å². The van der Waals surface area contributed by atoms with Crippen molar-refractivity contribution in [2.75, 3.05) is 23.8 Å². The van der Waals surface area contributed by atoms with E-state index in [1.807, 2.05) is 12.1 Å². The Balaban J connectivity index is 2.36. The van der Waals surface area contributed by atoms with Crippen LogP contribution in [0.5, 0.6) is 5.75 Å². The first kappa shape index (κ1) is 14.0. The first-order valence-corrected chi connectivity index (χ1v) is 7.15. The lowest BCUT2D eigenvalue weighted by atomic mass is 9.74. The summed E-state index contributed by atoms with van der Waals surface area (Å²) in [5.41, 5.74) is 2.39. The van der Waals surface area contributed by atoms with Crippen LogP contribution >= 0.6 is 0 Å². The second kappa shape index (κ2) is 4.95. The molecule has 0 spiro atoms. The third-order valence-corrected chi connectivity index (χ3v) is 4.33. The molecule has 1 aliphatic rings. The zero-order chi connectivity index (χ0) is 14.1. The molecule has 1 aromatic carbocycles. The fourth-order valence-electron chi connectivity index (χ4n) is 2.19. The van der Waals surface area contributed by atoms with E-state index in [-0.39, 0.29) is 11.0 Å². The number of nitrogens with one attached hydrogen (secondary N) is 2. The predicted molar refractivity (Wildman–Crippen MR) is 82.2 cm³/mol. The lowest BCUT2D eigenvalue weighted by molar-refractivity contribution is 0.245. The first-order chi connectivity index (χ1) is 8.87. The van der Waals surface area contributed by atoms with Gasteiger partial charge in [0.2, 0.25) is 0 Å². The van der Waals surface area contributed by atoms with Gasteiger partial charge in [-0.1, -0.05) is 26.8 Å². The summed E-state index contributed by atoms with van der Waals surface area (Å²) >= 11 is 0. The molecule has 0 radical (unpaired) electrons. The van der Waals surface area contributed by atoms with Crippen molar-refractivity contribution in [2.24, 2.45) is 5.41 Å². The average molecular weight is 262 g/mol. The molecule has 0 fully saturated rings. The Morgan fingerprint density at radius 3 is 2.63 bits per heavy atom. The lowest BCUT2D eigenvalue weighted by Gasteiger charge is -2.40. The highest BCUT2D eigenvalue weighted by Gasteiger charge is 2.39. The molecule has 1 heterocycles. The lowest BCUT2D eigenvalue weighted by Crippen LogP contribution is -2.47. The minimum atomic E-state index is 0.0225. The van der Waals surface area contributed by atoms with E-state index in [4.69, 9.17) is 4.74 Å². The molecule has 0 saturated carbocycles. The van der Waals surface area contributed by atoms with Gasteiger partial charge in [-0.05, 0) is 32.4 Å². The SMILES string of the molecule is CCCOc1cccc2c1NCC(C)(C)C(C)(C)N2. The van der Waals surface area contributed by atoms with E-state index in [0.29, 0.717) is 0 Å². The average Bonchev–Trinajstić information content (AvgIpc) is 2.42. The quantitative estimate of drug-likeness (QED) is 0.859.